The maximum Gasteiger partial charge on any atom is 0.323 e. The molecule has 1 aromatic carbocycles. The first-order chi connectivity index (χ1) is 8.92. The first kappa shape index (κ1) is 12.9. The SMILES string of the molecule is COC(=O)C(N)C12CC(c3cc(C)ccc3Cl)(C1)C2. The number of aryl methyl sites for hydroxylation is 1. The van der Waals surface area contributed by atoms with Gasteiger partial charge >= 0.3 is 5.97 Å². The van der Waals surface area contributed by atoms with Gasteiger partial charge in [-0.3, -0.25) is 4.79 Å². The number of nitrogens with two attached hydrogens (primary N) is 1. The van der Waals surface area contributed by atoms with Crippen molar-refractivity contribution >= 4 is 17.6 Å². The molecular formula is C15H18ClNO2. The highest BCUT2D eigenvalue weighted by atomic mass is 35.5. The van der Waals surface area contributed by atoms with Crippen LogP contribution in [0.15, 0.2) is 18.2 Å². The molecular weight excluding hydrogens is 262 g/mol. The van der Waals surface area contributed by atoms with Gasteiger partial charge in [-0.2, -0.15) is 0 Å². The maximum absolute atomic E-state index is 11.6. The summed E-state index contributed by atoms with van der Waals surface area (Å²) in [5, 5.41) is 0.825. The van der Waals surface area contributed by atoms with Gasteiger partial charge < -0.3 is 10.5 Å². The van der Waals surface area contributed by atoms with Gasteiger partial charge in [0.1, 0.15) is 6.04 Å². The molecule has 0 saturated heterocycles. The van der Waals surface area contributed by atoms with E-state index < -0.39 is 6.04 Å². The van der Waals surface area contributed by atoms with Crippen LogP contribution in [0.5, 0.6) is 0 Å². The summed E-state index contributed by atoms with van der Waals surface area (Å²) < 4.78 is 4.75. The van der Waals surface area contributed by atoms with E-state index in [2.05, 4.69) is 13.0 Å². The molecule has 1 aromatic rings. The van der Waals surface area contributed by atoms with Crippen molar-refractivity contribution in [2.24, 2.45) is 11.1 Å². The molecule has 0 radical (unpaired) electrons. The molecule has 3 nitrogen and oxygen atoms in total. The number of methoxy groups -OCH3 is 1. The van der Waals surface area contributed by atoms with Crippen LogP contribution in [0.1, 0.15) is 30.4 Å². The maximum atomic E-state index is 11.6. The van der Waals surface area contributed by atoms with E-state index in [4.69, 9.17) is 22.1 Å². The summed E-state index contributed by atoms with van der Waals surface area (Å²) in [6.07, 6.45) is 2.83. The normalized spacial score (nSPS) is 33.1. The highest BCUT2D eigenvalue weighted by Gasteiger charge is 2.72. The molecule has 3 saturated carbocycles. The smallest absolute Gasteiger partial charge is 0.323 e. The van der Waals surface area contributed by atoms with E-state index >= 15 is 0 Å². The Labute approximate surface area is 118 Å². The van der Waals surface area contributed by atoms with Gasteiger partial charge in [-0.1, -0.05) is 29.3 Å². The highest BCUT2D eigenvalue weighted by molar-refractivity contribution is 6.31. The van der Waals surface area contributed by atoms with Crippen molar-refractivity contribution in [2.45, 2.75) is 37.6 Å². The number of hydrogen-bond acceptors (Lipinski definition) is 3. The van der Waals surface area contributed by atoms with Gasteiger partial charge in [-0.15, -0.1) is 0 Å². The molecule has 2 bridgehead atoms. The predicted molar refractivity (Wildman–Crippen MR) is 74.1 cm³/mol. The van der Waals surface area contributed by atoms with E-state index in [1.807, 2.05) is 12.1 Å². The Hall–Kier alpha value is -1.06. The van der Waals surface area contributed by atoms with E-state index in [1.165, 1.54) is 18.2 Å². The molecule has 0 amide bonds. The Bertz CT molecular complexity index is 535. The number of hydrogen-bond donors (Lipinski definition) is 1. The van der Waals surface area contributed by atoms with Crippen LogP contribution >= 0.6 is 11.6 Å². The minimum absolute atomic E-state index is 0.0554. The number of benzene rings is 1. The molecule has 0 aliphatic heterocycles. The van der Waals surface area contributed by atoms with Crippen molar-refractivity contribution in [3.05, 3.63) is 34.3 Å². The lowest BCUT2D eigenvalue weighted by Gasteiger charge is -2.72. The second-order valence-corrected chi connectivity index (χ2v) is 6.56. The topological polar surface area (TPSA) is 52.3 Å². The summed E-state index contributed by atoms with van der Waals surface area (Å²) in [6.45, 7) is 2.07. The minimum Gasteiger partial charge on any atom is -0.468 e. The van der Waals surface area contributed by atoms with Crippen LogP contribution in [0.2, 0.25) is 5.02 Å². The van der Waals surface area contributed by atoms with Gasteiger partial charge in [0.2, 0.25) is 0 Å². The molecule has 2 N–H and O–H groups in total. The van der Waals surface area contributed by atoms with Gasteiger partial charge in [0.05, 0.1) is 7.11 Å². The van der Waals surface area contributed by atoms with Crippen LogP contribution in [0, 0.1) is 12.3 Å². The van der Waals surface area contributed by atoms with E-state index in [0.29, 0.717) is 0 Å². The lowest BCUT2D eigenvalue weighted by Crippen LogP contribution is -2.72. The highest BCUT2D eigenvalue weighted by Crippen LogP contribution is 2.75. The fourth-order valence-corrected chi connectivity index (χ4v) is 4.22. The molecule has 0 heterocycles. The summed E-state index contributed by atoms with van der Waals surface area (Å²) >= 11 is 6.31. The lowest BCUT2D eigenvalue weighted by molar-refractivity contribution is -0.181. The van der Waals surface area contributed by atoms with E-state index in [0.717, 1.165) is 24.3 Å². The monoisotopic (exact) mass is 279 g/mol. The number of carbonyl (C=O) groups is 1. The zero-order valence-corrected chi connectivity index (χ0v) is 12.0. The summed E-state index contributed by atoms with van der Waals surface area (Å²) in [6, 6.07) is 5.64. The second-order valence-electron chi connectivity index (χ2n) is 6.16. The van der Waals surface area contributed by atoms with Crippen molar-refractivity contribution in [3.63, 3.8) is 0 Å². The van der Waals surface area contributed by atoms with Crippen molar-refractivity contribution in [3.8, 4) is 0 Å². The number of carbonyl (C=O) groups excluding carboxylic acids is 1. The van der Waals surface area contributed by atoms with E-state index in [1.54, 1.807) is 0 Å². The molecule has 0 aromatic heterocycles. The third kappa shape index (κ3) is 1.65. The predicted octanol–water partition coefficient (Wildman–Crippen LogP) is 2.57. The third-order valence-corrected chi connectivity index (χ3v) is 5.21. The Balaban J connectivity index is 1.80. The van der Waals surface area contributed by atoms with Crippen LogP contribution in [0.3, 0.4) is 0 Å². The van der Waals surface area contributed by atoms with E-state index in [-0.39, 0.29) is 16.8 Å². The largest absolute Gasteiger partial charge is 0.468 e. The number of ether oxygens (including phenoxy) is 1. The lowest BCUT2D eigenvalue weighted by atomic mass is 9.31. The summed E-state index contributed by atoms with van der Waals surface area (Å²) in [5.41, 5.74) is 8.53. The Morgan fingerprint density at radius 3 is 2.63 bits per heavy atom. The van der Waals surface area contributed by atoms with Gasteiger partial charge in [0.25, 0.3) is 0 Å². The first-order valence-corrected chi connectivity index (χ1v) is 6.90. The fourth-order valence-electron chi connectivity index (χ4n) is 3.90. The van der Waals surface area contributed by atoms with Gasteiger partial charge in [-0.05, 0) is 48.6 Å². The van der Waals surface area contributed by atoms with Gasteiger partial charge in [-0.25, -0.2) is 0 Å². The van der Waals surface area contributed by atoms with Crippen molar-refractivity contribution in [1.29, 1.82) is 0 Å². The standard InChI is InChI=1S/C15H18ClNO2/c1-9-3-4-11(16)10(5-9)14-6-15(7-14,8-14)12(17)13(18)19-2/h3-5,12H,6-8,17H2,1-2H3. The average molecular weight is 280 g/mol. The number of halogens is 1. The minimum atomic E-state index is -0.497. The molecule has 102 valence electrons. The average Bonchev–Trinajstić information content (AvgIpc) is 2.29. The third-order valence-electron chi connectivity index (χ3n) is 4.88. The van der Waals surface area contributed by atoms with Crippen LogP contribution in [-0.2, 0) is 14.9 Å². The molecule has 3 fully saturated rings. The summed E-state index contributed by atoms with van der Waals surface area (Å²) in [7, 11) is 1.39. The van der Waals surface area contributed by atoms with Crippen molar-refractivity contribution < 1.29 is 9.53 Å². The van der Waals surface area contributed by atoms with Crippen molar-refractivity contribution in [2.75, 3.05) is 7.11 Å². The number of rotatable bonds is 3. The first-order valence-electron chi connectivity index (χ1n) is 6.53. The molecule has 19 heavy (non-hydrogen) atoms. The van der Waals surface area contributed by atoms with E-state index in [9.17, 15) is 4.79 Å². The van der Waals surface area contributed by atoms with Crippen LogP contribution in [0.4, 0.5) is 0 Å². The Morgan fingerprint density at radius 1 is 1.42 bits per heavy atom. The molecule has 3 aliphatic rings. The molecule has 3 aliphatic carbocycles. The molecule has 4 heteroatoms. The van der Waals surface area contributed by atoms with Crippen LogP contribution in [-0.4, -0.2) is 19.1 Å². The zero-order valence-electron chi connectivity index (χ0n) is 11.2. The quantitative estimate of drug-likeness (QED) is 0.865. The Kier molecular flexibility index (Phi) is 2.70. The van der Waals surface area contributed by atoms with Crippen LogP contribution < -0.4 is 5.73 Å². The summed E-state index contributed by atoms with van der Waals surface area (Å²) in [5.74, 6) is -0.302. The summed E-state index contributed by atoms with van der Waals surface area (Å²) in [4.78, 5) is 11.6. The number of esters is 1. The molecule has 1 atom stereocenters. The second kappa shape index (κ2) is 3.97. The van der Waals surface area contributed by atoms with Crippen LogP contribution in [0.25, 0.3) is 0 Å². The molecule has 1 unspecified atom stereocenters. The molecule has 0 spiro atoms. The zero-order chi connectivity index (χ0) is 13.8. The van der Waals surface area contributed by atoms with Gasteiger partial charge in [0.15, 0.2) is 0 Å². The Morgan fingerprint density at radius 2 is 2.05 bits per heavy atom. The van der Waals surface area contributed by atoms with Gasteiger partial charge in [0, 0.05) is 5.02 Å². The molecule has 4 rings (SSSR count). The fraction of sp³-hybridized carbons (Fsp3) is 0.533. The van der Waals surface area contributed by atoms with Crippen molar-refractivity contribution in [1.82, 2.24) is 0 Å².